The van der Waals surface area contributed by atoms with Gasteiger partial charge in [0.2, 0.25) is 0 Å². The van der Waals surface area contributed by atoms with Crippen molar-refractivity contribution in [2.24, 2.45) is 5.92 Å². The van der Waals surface area contributed by atoms with E-state index in [9.17, 15) is 4.79 Å². The molecule has 0 spiro atoms. The molecule has 1 heterocycles. The summed E-state index contributed by atoms with van der Waals surface area (Å²) in [5, 5.41) is 5.82. The summed E-state index contributed by atoms with van der Waals surface area (Å²) < 4.78 is 6.90. The molecular weight excluding hydrogens is 392 g/mol. The Balaban J connectivity index is 1.58. The lowest BCUT2D eigenvalue weighted by molar-refractivity contribution is 0.262. The van der Waals surface area contributed by atoms with E-state index in [1.807, 2.05) is 37.3 Å². The smallest absolute Gasteiger partial charge is 0.323 e. The van der Waals surface area contributed by atoms with Crippen LogP contribution in [-0.2, 0) is 0 Å². The minimum atomic E-state index is -0.280. The van der Waals surface area contributed by atoms with Crippen LogP contribution in [0.3, 0.4) is 0 Å². The van der Waals surface area contributed by atoms with Gasteiger partial charge >= 0.3 is 6.03 Å². The van der Waals surface area contributed by atoms with E-state index in [4.69, 9.17) is 4.74 Å². The molecule has 2 aromatic rings. The summed E-state index contributed by atoms with van der Waals surface area (Å²) in [5.74, 6) is 1.80. The van der Waals surface area contributed by atoms with Crippen LogP contribution in [0.4, 0.5) is 16.2 Å². The van der Waals surface area contributed by atoms with Gasteiger partial charge in [0.15, 0.2) is 0 Å². The first kappa shape index (κ1) is 17.2. The van der Waals surface area contributed by atoms with E-state index in [-0.39, 0.29) is 6.03 Å². The highest BCUT2D eigenvalue weighted by atomic mass is 79.9. The molecule has 1 fully saturated rings. The first-order valence-corrected chi connectivity index (χ1v) is 9.67. The SMILES string of the molecule is Cc1ccc(NC(=O)Nc2cc(Br)cc3c2OCC=C[C@@H]3C2CC2)cc1. The van der Waals surface area contributed by atoms with Crippen LogP contribution >= 0.6 is 15.9 Å². The quantitative estimate of drug-likeness (QED) is 0.621. The number of ether oxygens (including phenoxy) is 1. The van der Waals surface area contributed by atoms with Gasteiger partial charge in [0.1, 0.15) is 12.4 Å². The molecule has 1 aliphatic carbocycles. The molecule has 0 unspecified atom stereocenters. The van der Waals surface area contributed by atoms with Crippen molar-refractivity contribution in [3.05, 3.63) is 64.1 Å². The van der Waals surface area contributed by atoms with Crippen LogP contribution in [0.15, 0.2) is 53.0 Å². The highest BCUT2D eigenvalue weighted by molar-refractivity contribution is 9.10. The lowest BCUT2D eigenvalue weighted by Crippen LogP contribution is -2.20. The van der Waals surface area contributed by atoms with E-state index in [1.54, 1.807) is 0 Å². The normalized spacial score (nSPS) is 18.5. The summed E-state index contributed by atoms with van der Waals surface area (Å²) in [6, 6.07) is 11.4. The third-order valence-electron chi connectivity index (χ3n) is 4.80. The molecule has 0 saturated heterocycles. The monoisotopic (exact) mass is 412 g/mol. The third kappa shape index (κ3) is 3.78. The van der Waals surface area contributed by atoms with E-state index in [0.717, 1.165) is 27.0 Å². The first-order chi connectivity index (χ1) is 12.6. The topological polar surface area (TPSA) is 50.4 Å². The zero-order valence-electron chi connectivity index (χ0n) is 14.6. The molecule has 1 atom stereocenters. The molecule has 2 N–H and O–H groups in total. The number of aryl methyl sites for hydroxylation is 1. The summed E-state index contributed by atoms with van der Waals surface area (Å²) in [7, 11) is 0. The molecule has 0 radical (unpaired) electrons. The summed E-state index contributed by atoms with van der Waals surface area (Å²) >= 11 is 3.58. The number of hydrogen-bond donors (Lipinski definition) is 2. The minimum Gasteiger partial charge on any atom is -0.487 e. The van der Waals surface area contributed by atoms with Gasteiger partial charge < -0.3 is 15.4 Å². The van der Waals surface area contributed by atoms with Gasteiger partial charge in [-0.25, -0.2) is 4.79 Å². The number of rotatable bonds is 3. The Bertz CT molecular complexity index is 857. The predicted molar refractivity (Wildman–Crippen MR) is 108 cm³/mol. The minimum absolute atomic E-state index is 0.280. The van der Waals surface area contributed by atoms with Crippen molar-refractivity contribution in [3.63, 3.8) is 0 Å². The number of hydrogen-bond acceptors (Lipinski definition) is 2. The zero-order chi connectivity index (χ0) is 18.1. The second-order valence-corrected chi connectivity index (χ2v) is 7.83. The van der Waals surface area contributed by atoms with Crippen LogP contribution in [0.25, 0.3) is 0 Å². The molecule has 134 valence electrons. The van der Waals surface area contributed by atoms with Gasteiger partial charge in [0.25, 0.3) is 0 Å². The van der Waals surface area contributed by atoms with E-state index < -0.39 is 0 Å². The highest BCUT2D eigenvalue weighted by Crippen LogP contribution is 2.49. The molecule has 1 aliphatic heterocycles. The highest BCUT2D eigenvalue weighted by Gasteiger charge is 2.34. The molecule has 2 aliphatic rings. The molecule has 26 heavy (non-hydrogen) atoms. The molecule has 4 rings (SSSR count). The van der Waals surface area contributed by atoms with E-state index in [2.05, 4.69) is 44.8 Å². The number of allylic oxidation sites excluding steroid dienone is 1. The van der Waals surface area contributed by atoms with E-state index in [1.165, 1.54) is 12.8 Å². The Morgan fingerprint density at radius 3 is 2.65 bits per heavy atom. The van der Waals surface area contributed by atoms with Gasteiger partial charge in [0, 0.05) is 21.6 Å². The van der Waals surface area contributed by atoms with Crippen molar-refractivity contribution in [3.8, 4) is 5.75 Å². The number of urea groups is 1. The molecule has 4 nitrogen and oxygen atoms in total. The van der Waals surface area contributed by atoms with E-state index in [0.29, 0.717) is 24.1 Å². The lowest BCUT2D eigenvalue weighted by Gasteiger charge is -2.19. The number of nitrogens with one attached hydrogen (secondary N) is 2. The van der Waals surface area contributed by atoms with E-state index >= 15 is 0 Å². The molecule has 0 bridgehead atoms. The lowest BCUT2D eigenvalue weighted by atomic mass is 9.93. The van der Waals surface area contributed by atoms with Gasteiger partial charge in [-0.05, 0) is 49.9 Å². The van der Waals surface area contributed by atoms with Gasteiger partial charge in [-0.1, -0.05) is 45.8 Å². The fraction of sp³-hybridized carbons (Fsp3) is 0.286. The average molecular weight is 413 g/mol. The number of fused-ring (bicyclic) bond motifs is 1. The number of amides is 2. The van der Waals surface area contributed by atoms with Crippen molar-refractivity contribution in [1.29, 1.82) is 0 Å². The molecule has 0 aromatic heterocycles. The number of halogens is 1. The summed E-state index contributed by atoms with van der Waals surface area (Å²) in [5.41, 5.74) is 3.74. The Morgan fingerprint density at radius 1 is 1.15 bits per heavy atom. The molecular formula is C21H21BrN2O2. The second kappa shape index (κ2) is 7.16. The van der Waals surface area contributed by atoms with Crippen LogP contribution in [0.1, 0.15) is 29.9 Å². The second-order valence-electron chi connectivity index (χ2n) is 6.92. The molecule has 5 heteroatoms. The number of carbonyl (C=O) groups is 1. The Morgan fingerprint density at radius 2 is 1.92 bits per heavy atom. The van der Waals surface area contributed by atoms with Crippen LogP contribution in [0.5, 0.6) is 5.75 Å². The van der Waals surface area contributed by atoms with Crippen LogP contribution in [0.2, 0.25) is 0 Å². The summed E-state index contributed by atoms with van der Waals surface area (Å²) in [6.07, 6.45) is 6.81. The van der Waals surface area contributed by atoms with Crippen molar-refractivity contribution >= 4 is 33.3 Å². The van der Waals surface area contributed by atoms with Crippen molar-refractivity contribution in [2.75, 3.05) is 17.2 Å². The average Bonchev–Trinajstić information content (AvgIpc) is 3.43. The standard InChI is InChI=1S/C21H21BrN2O2/c1-13-4-8-16(9-5-13)23-21(25)24-19-12-15(22)11-18-17(14-6-7-14)3-2-10-26-20(18)19/h2-5,8-9,11-12,14,17H,6-7,10H2,1H3,(H2,23,24,25)/t17-/m1/s1. The van der Waals surface area contributed by atoms with Gasteiger partial charge in [0.05, 0.1) is 5.69 Å². The predicted octanol–water partition coefficient (Wildman–Crippen LogP) is 5.84. The Hall–Kier alpha value is -2.27. The maximum absolute atomic E-state index is 12.5. The van der Waals surface area contributed by atoms with Crippen molar-refractivity contribution in [1.82, 2.24) is 0 Å². The number of benzene rings is 2. The number of anilines is 2. The van der Waals surface area contributed by atoms with Crippen molar-refractivity contribution in [2.45, 2.75) is 25.7 Å². The van der Waals surface area contributed by atoms with Gasteiger partial charge in [-0.3, -0.25) is 0 Å². The maximum Gasteiger partial charge on any atom is 0.323 e. The largest absolute Gasteiger partial charge is 0.487 e. The number of carbonyl (C=O) groups excluding carboxylic acids is 1. The Labute approximate surface area is 161 Å². The Kier molecular flexibility index (Phi) is 4.72. The van der Waals surface area contributed by atoms with Crippen molar-refractivity contribution < 1.29 is 9.53 Å². The molecule has 1 saturated carbocycles. The van der Waals surface area contributed by atoms with Gasteiger partial charge in [-0.2, -0.15) is 0 Å². The third-order valence-corrected chi connectivity index (χ3v) is 5.25. The summed E-state index contributed by atoms with van der Waals surface area (Å²) in [4.78, 5) is 12.5. The van der Waals surface area contributed by atoms with Crippen LogP contribution in [-0.4, -0.2) is 12.6 Å². The fourth-order valence-corrected chi connectivity index (χ4v) is 3.82. The summed E-state index contributed by atoms with van der Waals surface area (Å²) in [6.45, 7) is 2.54. The zero-order valence-corrected chi connectivity index (χ0v) is 16.2. The van der Waals surface area contributed by atoms with Gasteiger partial charge in [-0.15, -0.1) is 0 Å². The first-order valence-electron chi connectivity index (χ1n) is 8.88. The molecule has 2 aromatic carbocycles. The fourth-order valence-electron chi connectivity index (χ4n) is 3.34. The molecule has 2 amide bonds. The van der Waals surface area contributed by atoms with Crippen LogP contribution < -0.4 is 15.4 Å². The maximum atomic E-state index is 12.5. The van der Waals surface area contributed by atoms with Crippen LogP contribution in [0, 0.1) is 12.8 Å².